The Balaban J connectivity index is 2.18. The Hall–Kier alpha value is -1.88. The van der Waals surface area contributed by atoms with E-state index in [2.05, 4.69) is 0 Å². The Bertz CT molecular complexity index is 514. The molecule has 2 N–H and O–H groups in total. The van der Waals surface area contributed by atoms with Crippen molar-refractivity contribution in [2.24, 2.45) is 5.92 Å². The molecule has 1 saturated heterocycles. The minimum absolute atomic E-state index is 0.0844. The van der Waals surface area contributed by atoms with Crippen LogP contribution in [0.4, 0.5) is 0 Å². The number of carboxylic acids is 1. The van der Waals surface area contributed by atoms with E-state index in [1.807, 2.05) is 31.2 Å². The highest BCUT2D eigenvalue weighted by Gasteiger charge is 2.37. The van der Waals surface area contributed by atoms with Crippen molar-refractivity contribution in [2.45, 2.75) is 25.8 Å². The number of amides is 1. The van der Waals surface area contributed by atoms with Crippen molar-refractivity contribution in [1.29, 1.82) is 0 Å². The molecule has 20 heavy (non-hydrogen) atoms. The maximum absolute atomic E-state index is 11.9. The molecule has 5 nitrogen and oxygen atoms in total. The molecule has 0 bridgehead atoms. The molecule has 1 fully saturated rings. The van der Waals surface area contributed by atoms with Crippen molar-refractivity contribution in [3.63, 3.8) is 0 Å². The second-order valence-corrected chi connectivity index (χ2v) is 5.28. The van der Waals surface area contributed by atoms with Crippen LogP contribution in [0.15, 0.2) is 24.3 Å². The van der Waals surface area contributed by atoms with Gasteiger partial charge in [-0.25, -0.2) is 4.79 Å². The van der Waals surface area contributed by atoms with Gasteiger partial charge in [-0.15, -0.1) is 0 Å². The first-order valence-corrected chi connectivity index (χ1v) is 6.70. The Labute approximate surface area is 117 Å². The van der Waals surface area contributed by atoms with Crippen LogP contribution in [0.25, 0.3) is 0 Å². The highest BCUT2D eigenvalue weighted by atomic mass is 16.4. The third kappa shape index (κ3) is 2.99. The summed E-state index contributed by atoms with van der Waals surface area (Å²) in [5.41, 5.74) is 1.95. The van der Waals surface area contributed by atoms with E-state index in [-0.39, 0.29) is 24.9 Å². The molecule has 2 atom stereocenters. The van der Waals surface area contributed by atoms with Gasteiger partial charge in [0, 0.05) is 31.9 Å². The Morgan fingerprint density at radius 3 is 2.70 bits per heavy atom. The summed E-state index contributed by atoms with van der Waals surface area (Å²) >= 11 is 0. The number of likely N-dealkylation sites (tertiary alicyclic amines) is 1. The van der Waals surface area contributed by atoms with Gasteiger partial charge in [0.1, 0.15) is 6.04 Å². The van der Waals surface area contributed by atoms with E-state index in [1.165, 1.54) is 4.90 Å². The fraction of sp³-hybridized carbons (Fsp3) is 0.467. The molecule has 0 saturated carbocycles. The zero-order chi connectivity index (χ0) is 14.7. The molecule has 0 radical (unpaired) electrons. The summed E-state index contributed by atoms with van der Waals surface area (Å²) in [5.74, 6) is -1.34. The molecule has 1 aromatic rings. The molecule has 1 amide bonds. The van der Waals surface area contributed by atoms with Crippen LogP contribution in [-0.2, 0) is 16.0 Å². The highest BCUT2D eigenvalue weighted by Crippen LogP contribution is 2.22. The van der Waals surface area contributed by atoms with Gasteiger partial charge < -0.3 is 15.1 Å². The number of aliphatic carboxylic acids is 1. The van der Waals surface area contributed by atoms with Gasteiger partial charge in [0.05, 0.1) is 0 Å². The van der Waals surface area contributed by atoms with E-state index in [1.54, 1.807) is 0 Å². The lowest BCUT2D eigenvalue weighted by Gasteiger charge is -2.25. The summed E-state index contributed by atoms with van der Waals surface area (Å²) in [5, 5.41) is 18.5. The maximum Gasteiger partial charge on any atom is 0.326 e. The SMILES string of the molecule is Cc1ccccc1C[C@@H](C(=O)O)N1CC(CO)CC1=O. The van der Waals surface area contributed by atoms with Crippen molar-refractivity contribution in [1.82, 2.24) is 4.90 Å². The lowest BCUT2D eigenvalue weighted by molar-refractivity contribution is -0.148. The summed E-state index contributed by atoms with van der Waals surface area (Å²) in [6, 6.07) is 6.72. The predicted octanol–water partition coefficient (Wildman–Crippen LogP) is 0.832. The van der Waals surface area contributed by atoms with E-state index < -0.39 is 12.0 Å². The average Bonchev–Trinajstić information content (AvgIpc) is 2.78. The molecular weight excluding hydrogens is 258 g/mol. The van der Waals surface area contributed by atoms with Crippen LogP contribution in [0.5, 0.6) is 0 Å². The van der Waals surface area contributed by atoms with E-state index in [0.29, 0.717) is 13.0 Å². The van der Waals surface area contributed by atoms with Crippen molar-refractivity contribution in [2.75, 3.05) is 13.2 Å². The first-order chi connectivity index (χ1) is 9.52. The fourth-order valence-corrected chi connectivity index (χ4v) is 2.61. The Kier molecular flexibility index (Phi) is 4.39. The van der Waals surface area contributed by atoms with E-state index >= 15 is 0 Å². The Morgan fingerprint density at radius 2 is 2.15 bits per heavy atom. The number of aliphatic hydroxyl groups excluding tert-OH is 1. The largest absolute Gasteiger partial charge is 0.480 e. The van der Waals surface area contributed by atoms with Crippen LogP contribution in [-0.4, -0.2) is 46.2 Å². The second-order valence-electron chi connectivity index (χ2n) is 5.28. The lowest BCUT2D eigenvalue weighted by atomic mass is 10.0. The molecule has 0 aliphatic carbocycles. The zero-order valence-electron chi connectivity index (χ0n) is 11.5. The van der Waals surface area contributed by atoms with Crippen molar-refractivity contribution in [3.8, 4) is 0 Å². The van der Waals surface area contributed by atoms with Gasteiger partial charge in [0.15, 0.2) is 0 Å². The molecule has 1 aliphatic rings. The topological polar surface area (TPSA) is 77.8 Å². The van der Waals surface area contributed by atoms with Gasteiger partial charge in [-0.1, -0.05) is 24.3 Å². The normalized spacial score (nSPS) is 20.2. The lowest BCUT2D eigenvalue weighted by Crippen LogP contribution is -2.44. The van der Waals surface area contributed by atoms with Crippen LogP contribution in [0.2, 0.25) is 0 Å². The van der Waals surface area contributed by atoms with E-state index in [0.717, 1.165) is 11.1 Å². The monoisotopic (exact) mass is 277 g/mol. The minimum Gasteiger partial charge on any atom is -0.480 e. The van der Waals surface area contributed by atoms with Gasteiger partial charge in [0.25, 0.3) is 0 Å². The number of benzene rings is 1. The molecule has 2 rings (SSSR count). The van der Waals surface area contributed by atoms with Crippen molar-refractivity contribution in [3.05, 3.63) is 35.4 Å². The van der Waals surface area contributed by atoms with Crippen LogP contribution >= 0.6 is 0 Å². The molecule has 5 heteroatoms. The maximum atomic E-state index is 11.9. The summed E-state index contributed by atoms with van der Waals surface area (Å²) in [7, 11) is 0. The van der Waals surface area contributed by atoms with Crippen LogP contribution in [0.1, 0.15) is 17.5 Å². The quantitative estimate of drug-likeness (QED) is 0.835. The number of nitrogens with zero attached hydrogens (tertiary/aromatic N) is 1. The average molecular weight is 277 g/mol. The summed E-state index contributed by atoms with van der Waals surface area (Å²) in [4.78, 5) is 24.8. The smallest absolute Gasteiger partial charge is 0.326 e. The molecule has 108 valence electrons. The number of carbonyl (C=O) groups excluding carboxylic acids is 1. The molecule has 1 unspecified atom stereocenters. The van der Waals surface area contributed by atoms with Gasteiger partial charge >= 0.3 is 5.97 Å². The van der Waals surface area contributed by atoms with Crippen molar-refractivity contribution >= 4 is 11.9 Å². The highest BCUT2D eigenvalue weighted by molar-refractivity contribution is 5.85. The standard InChI is InChI=1S/C15H19NO4/c1-10-4-2-3-5-12(10)7-13(15(19)20)16-8-11(9-17)6-14(16)18/h2-5,11,13,17H,6-9H2,1H3,(H,19,20)/t11?,13-/m0/s1. The number of rotatable bonds is 5. The van der Waals surface area contributed by atoms with Gasteiger partial charge in [-0.3, -0.25) is 4.79 Å². The zero-order valence-corrected chi connectivity index (χ0v) is 11.5. The number of carbonyl (C=O) groups is 2. The molecule has 1 aromatic carbocycles. The summed E-state index contributed by atoms with van der Waals surface area (Å²) in [6.07, 6.45) is 0.528. The van der Waals surface area contributed by atoms with E-state index in [4.69, 9.17) is 5.11 Å². The Morgan fingerprint density at radius 1 is 1.45 bits per heavy atom. The van der Waals surface area contributed by atoms with Crippen LogP contribution in [0, 0.1) is 12.8 Å². The molecule has 0 aromatic heterocycles. The summed E-state index contributed by atoms with van der Waals surface area (Å²) < 4.78 is 0. The first-order valence-electron chi connectivity index (χ1n) is 6.70. The van der Waals surface area contributed by atoms with Crippen LogP contribution in [0.3, 0.4) is 0 Å². The first kappa shape index (κ1) is 14.5. The number of carboxylic acid groups (broad SMARTS) is 1. The third-order valence-corrected chi connectivity index (χ3v) is 3.83. The fourth-order valence-electron chi connectivity index (χ4n) is 2.61. The minimum atomic E-state index is -1.000. The molecule has 0 spiro atoms. The van der Waals surface area contributed by atoms with Crippen molar-refractivity contribution < 1.29 is 19.8 Å². The number of aryl methyl sites for hydroxylation is 1. The molecule has 1 heterocycles. The van der Waals surface area contributed by atoms with Gasteiger partial charge in [0.2, 0.25) is 5.91 Å². The molecule has 1 aliphatic heterocycles. The third-order valence-electron chi connectivity index (χ3n) is 3.83. The summed E-state index contributed by atoms with van der Waals surface area (Å²) in [6.45, 7) is 2.16. The van der Waals surface area contributed by atoms with Crippen LogP contribution < -0.4 is 0 Å². The van der Waals surface area contributed by atoms with Gasteiger partial charge in [-0.05, 0) is 18.1 Å². The number of aliphatic hydroxyl groups is 1. The second kappa shape index (κ2) is 6.05. The number of hydrogen-bond acceptors (Lipinski definition) is 3. The predicted molar refractivity (Wildman–Crippen MR) is 73.2 cm³/mol. The van der Waals surface area contributed by atoms with Gasteiger partial charge in [-0.2, -0.15) is 0 Å². The number of hydrogen-bond donors (Lipinski definition) is 2. The van der Waals surface area contributed by atoms with E-state index in [9.17, 15) is 14.7 Å². The molecular formula is C15H19NO4.